The molecule has 9 heteroatoms. The number of aromatic nitrogens is 2. The lowest BCUT2D eigenvalue weighted by molar-refractivity contribution is 0.122. The van der Waals surface area contributed by atoms with Crippen molar-refractivity contribution in [1.29, 1.82) is 0 Å². The molecule has 27 heavy (non-hydrogen) atoms. The normalized spacial score (nSPS) is 24.9. The van der Waals surface area contributed by atoms with E-state index in [1.54, 1.807) is 0 Å². The molecule has 8 nitrogen and oxygen atoms in total. The molecule has 4 rings (SSSR count). The van der Waals surface area contributed by atoms with Gasteiger partial charge in [-0.15, -0.1) is 0 Å². The fraction of sp³-hybridized carbons (Fsp3) is 0.778. The molecule has 0 saturated carbocycles. The molecule has 3 aliphatic heterocycles. The second kappa shape index (κ2) is 8.28. The number of nitrogens with zero attached hydrogens (tertiary/aromatic N) is 5. The fourth-order valence-corrected chi connectivity index (χ4v) is 5.67. The first-order chi connectivity index (χ1) is 13.1. The van der Waals surface area contributed by atoms with Crippen molar-refractivity contribution in [3.63, 3.8) is 0 Å². The third kappa shape index (κ3) is 4.89. The fourth-order valence-electron chi connectivity index (χ4n) is 4.08. The quantitative estimate of drug-likeness (QED) is 0.718. The smallest absolute Gasteiger partial charge is 0.227 e. The van der Waals surface area contributed by atoms with Gasteiger partial charge in [0.1, 0.15) is 15.7 Å². The van der Waals surface area contributed by atoms with Crippen molar-refractivity contribution in [3.8, 4) is 0 Å². The van der Waals surface area contributed by atoms with Gasteiger partial charge in [-0.3, -0.25) is 4.90 Å². The van der Waals surface area contributed by atoms with E-state index < -0.39 is 9.84 Å². The number of ether oxygens (including phenoxy) is 1. The van der Waals surface area contributed by atoms with Crippen LogP contribution in [0.3, 0.4) is 0 Å². The highest BCUT2D eigenvalue weighted by atomic mass is 32.2. The van der Waals surface area contributed by atoms with Crippen LogP contribution in [0, 0.1) is 5.92 Å². The van der Waals surface area contributed by atoms with E-state index in [9.17, 15) is 8.42 Å². The van der Waals surface area contributed by atoms with Crippen LogP contribution in [0.15, 0.2) is 12.3 Å². The molecule has 0 radical (unpaired) electrons. The first-order valence-electron chi connectivity index (χ1n) is 9.92. The van der Waals surface area contributed by atoms with E-state index >= 15 is 0 Å². The van der Waals surface area contributed by atoms with Gasteiger partial charge in [0.05, 0.1) is 24.7 Å². The Bertz CT molecular complexity index is 716. The maximum absolute atomic E-state index is 11.6. The van der Waals surface area contributed by atoms with Gasteiger partial charge >= 0.3 is 0 Å². The van der Waals surface area contributed by atoms with Crippen LogP contribution in [-0.2, 0) is 14.6 Å². The molecule has 0 atom stereocenters. The zero-order chi connectivity index (χ0) is 18.7. The Hall–Kier alpha value is -1.45. The lowest BCUT2D eigenvalue weighted by Gasteiger charge is -2.38. The summed E-state index contributed by atoms with van der Waals surface area (Å²) in [5.41, 5.74) is 0. The summed E-state index contributed by atoms with van der Waals surface area (Å²) in [6.45, 7) is 8.06. The molecule has 4 heterocycles. The lowest BCUT2D eigenvalue weighted by atomic mass is 10.0. The molecule has 3 saturated heterocycles. The van der Waals surface area contributed by atoms with E-state index in [1.807, 2.05) is 12.3 Å². The standard InChI is InChI=1S/C18H29N5O3S/c24-27(25)13-2-16(3-14-27)15-21-5-7-22(8-6-21)17-1-4-19-18(20-17)23-9-11-26-12-10-23/h1,4,16H,2-3,5-15H2. The molecule has 0 unspecified atom stereocenters. The van der Waals surface area contributed by atoms with Crippen LogP contribution in [0.5, 0.6) is 0 Å². The summed E-state index contributed by atoms with van der Waals surface area (Å²) in [4.78, 5) is 16.2. The van der Waals surface area contributed by atoms with E-state index in [0.717, 1.165) is 83.6 Å². The molecule has 1 aromatic heterocycles. The third-order valence-corrected chi connectivity index (χ3v) is 7.52. The summed E-state index contributed by atoms with van der Waals surface area (Å²) in [5.74, 6) is 3.04. The number of anilines is 2. The molecule has 0 aliphatic carbocycles. The average Bonchev–Trinajstić information content (AvgIpc) is 2.71. The highest BCUT2D eigenvalue weighted by Gasteiger charge is 2.27. The Morgan fingerprint density at radius 2 is 1.70 bits per heavy atom. The Morgan fingerprint density at radius 1 is 1.00 bits per heavy atom. The van der Waals surface area contributed by atoms with E-state index in [4.69, 9.17) is 9.72 Å². The highest BCUT2D eigenvalue weighted by Crippen LogP contribution is 2.22. The van der Waals surface area contributed by atoms with Crippen LogP contribution in [0.2, 0.25) is 0 Å². The van der Waals surface area contributed by atoms with Gasteiger partial charge < -0.3 is 14.5 Å². The summed E-state index contributed by atoms with van der Waals surface area (Å²) < 4.78 is 28.6. The van der Waals surface area contributed by atoms with Gasteiger partial charge in [0.2, 0.25) is 5.95 Å². The zero-order valence-corrected chi connectivity index (χ0v) is 16.6. The summed E-state index contributed by atoms with van der Waals surface area (Å²) in [6, 6.07) is 1.99. The number of morpholine rings is 1. The second-order valence-electron chi connectivity index (χ2n) is 7.70. The Balaban J connectivity index is 1.29. The lowest BCUT2D eigenvalue weighted by Crippen LogP contribution is -2.48. The molecular weight excluding hydrogens is 366 g/mol. The van der Waals surface area contributed by atoms with Crippen LogP contribution in [0.4, 0.5) is 11.8 Å². The average molecular weight is 396 g/mol. The summed E-state index contributed by atoms with van der Waals surface area (Å²) >= 11 is 0. The molecule has 0 aromatic carbocycles. The first-order valence-corrected chi connectivity index (χ1v) is 11.7. The Kier molecular flexibility index (Phi) is 5.79. The number of rotatable bonds is 4. The van der Waals surface area contributed by atoms with Gasteiger partial charge in [-0.1, -0.05) is 0 Å². The molecule has 3 aliphatic rings. The van der Waals surface area contributed by atoms with Gasteiger partial charge in [0.15, 0.2) is 0 Å². The molecule has 0 spiro atoms. The zero-order valence-electron chi connectivity index (χ0n) is 15.8. The van der Waals surface area contributed by atoms with Crippen molar-refractivity contribution >= 4 is 21.6 Å². The number of hydrogen-bond donors (Lipinski definition) is 0. The molecular formula is C18H29N5O3S. The van der Waals surface area contributed by atoms with Crippen molar-refractivity contribution in [3.05, 3.63) is 12.3 Å². The van der Waals surface area contributed by atoms with Gasteiger partial charge in [0, 0.05) is 52.0 Å². The molecule has 0 N–H and O–H groups in total. The van der Waals surface area contributed by atoms with Crippen molar-refractivity contribution in [1.82, 2.24) is 14.9 Å². The summed E-state index contributed by atoms with van der Waals surface area (Å²) in [7, 11) is -2.77. The topological polar surface area (TPSA) is 78.9 Å². The molecule has 150 valence electrons. The summed E-state index contributed by atoms with van der Waals surface area (Å²) in [6.07, 6.45) is 3.48. The van der Waals surface area contributed by atoms with E-state index in [-0.39, 0.29) is 0 Å². The van der Waals surface area contributed by atoms with Crippen LogP contribution in [0.1, 0.15) is 12.8 Å². The number of sulfone groups is 1. The second-order valence-corrected chi connectivity index (χ2v) is 10.0. The van der Waals surface area contributed by atoms with Crippen LogP contribution < -0.4 is 9.80 Å². The van der Waals surface area contributed by atoms with Gasteiger partial charge in [-0.2, -0.15) is 4.98 Å². The molecule has 3 fully saturated rings. The maximum Gasteiger partial charge on any atom is 0.227 e. The predicted octanol–water partition coefficient (Wildman–Crippen LogP) is 0.260. The Labute approximate surface area is 161 Å². The molecule has 1 aromatic rings. The van der Waals surface area contributed by atoms with Crippen molar-refractivity contribution < 1.29 is 13.2 Å². The van der Waals surface area contributed by atoms with Crippen molar-refractivity contribution in [2.75, 3.05) is 80.3 Å². The van der Waals surface area contributed by atoms with Crippen LogP contribution >= 0.6 is 0 Å². The number of hydrogen-bond acceptors (Lipinski definition) is 8. The van der Waals surface area contributed by atoms with E-state index in [0.29, 0.717) is 17.4 Å². The first kappa shape index (κ1) is 18.9. The van der Waals surface area contributed by atoms with Gasteiger partial charge in [-0.05, 0) is 24.8 Å². The highest BCUT2D eigenvalue weighted by molar-refractivity contribution is 7.91. The molecule has 0 amide bonds. The van der Waals surface area contributed by atoms with E-state index in [2.05, 4.69) is 19.7 Å². The minimum absolute atomic E-state index is 0.364. The number of piperazine rings is 1. The minimum Gasteiger partial charge on any atom is -0.378 e. The SMILES string of the molecule is O=S1(=O)CCC(CN2CCN(c3ccnc(N4CCOCC4)n3)CC2)CC1. The van der Waals surface area contributed by atoms with Crippen LogP contribution in [0.25, 0.3) is 0 Å². The maximum atomic E-state index is 11.6. The minimum atomic E-state index is -2.77. The van der Waals surface area contributed by atoms with E-state index in [1.165, 1.54) is 0 Å². The van der Waals surface area contributed by atoms with Gasteiger partial charge in [0.25, 0.3) is 0 Å². The van der Waals surface area contributed by atoms with Crippen molar-refractivity contribution in [2.45, 2.75) is 12.8 Å². The Morgan fingerprint density at radius 3 is 2.41 bits per heavy atom. The summed E-state index contributed by atoms with van der Waals surface area (Å²) in [5, 5.41) is 0. The molecule has 0 bridgehead atoms. The largest absolute Gasteiger partial charge is 0.378 e. The predicted molar refractivity (Wildman–Crippen MR) is 105 cm³/mol. The third-order valence-electron chi connectivity index (χ3n) is 5.81. The van der Waals surface area contributed by atoms with Crippen molar-refractivity contribution in [2.24, 2.45) is 5.92 Å². The van der Waals surface area contributed by atoms with Crippen LogP contribution in [-0.4, -0.2) is 93.8 Å². The monoisotopic (exact) mass is 395 g/mol. The van der Waals surface area contributed by atoms with Gasteiger partial charge in [-0.25, -0.2) is 13.4 Å².